The molecule has 0 radical (unpaired) electrons. The van der Waals surface area contributed by atoms with Crippen LogP contribution in [0.5, 0.6) is 5.75 Å². The number of carboxylic acid groups (broad SMARTS) is 1. The molecule has 1 aromatic carbocycles. The number of benzene rings is 1. The van der Waals surface area contributed by atoms with Crippen molar-refractivity contribution < 1.29 is 67.0 Å². The van der Waals surface area contributed by atoms with Gasteiger partial charge in [-0.05, 0) is 45.0 Å². The van der Waals surface area contributed by atoms with Gasteiger partial charge in [-0.2, -0.15) is 13.2 Å². The van der Waals surface area contributed by atoms with E-state index < -0.39 is 66.1 Å². The Balaban J connectivity index is 0.000000612. The summed E-state index contributed by atoms with van der Waals surface area (Å²) in [5.41, 5.74) is 0.298. The lowest BCUT2D eigenvalue weighted by atomic mass is 9.50. The Labute approximate surface area is 237 Å². The van der Waals surface area contributed by atoms with E-state index in [1.807, 2.05) is 13.1 Å². The Morgan fingerprint density at radius 1 is 1.29 bits per heavy atom. The number of hydrogen-bond acceptors (Lipinski definition) is 11. The molecule has 12 nitrogen and oxygen atoms in total. The van der Waals surface area contributed by atoms with Crippen LogP contribution in [-0.2, 0) is 47.1 Å². The first-order chi connectivity index (χ1) is 19.6. The Morgan fingerprint density at radius 3 is 2.52 bits per heavy atom. The molecule has 15 heteroatoms. The Bertz CT molecular complexity index is 1310. The van der Waals surface area contributed by atoms with Crippen molar-refractivity contribution in [1.29, 1.82) is 0 Å². The highest BCUT2D eigenvalue weighted by molar-refractivity contribution is 5.84. The number of aliphatic carboxylic acids is 1. The molecule has 4 N–H and O–H groups in total. The summed E-state index contributed by atoms with van der Waals surface area (Å²) >= 11 is 0. The number of hydrogen-bond donors (Lipinski definition) is 4. The van der Waals surface area contributed by atoms with Crippen LogP contribution in [-0.4, -0.2) is 99.2 Å². The summed E-state index contributed by atoms with van der Waals surface area (Å²) < 4.78 is 47.9. The van der Waals surface area contributed by atoms with E-state index in [0.717, 1.165) is 18.1 Å². The van der Waals surface area contributed by atoms with Crippen molar-refractivity contribution in [2.24, 2.45) is 0 Å². The summed E-state index contributed by atoms with van der Waals surface area (Å²) in [5.74, 6) is -3.06. The maximum absolute atomic E-state index is 12.8. The normalized spacial score (nSPS) is 28.5. The number of carbonyl (C=O) groups excluding carboxylic acids is 3. The first-order valence-electron chi connectivity index (χ1n) is 13.0. The molecular weight excluding hydrogens is 571 g/mol. The standard InChI is InChI=1S/C25H29NO10.C2HF3O/c1-12(28)23(32)35-16(22(30)31)10-18(29)34-15-5-6-25(33)17-9-13-3-4-14(11-27)20-19(13)24(25,21(15)36-20)7-8-26(17)2;3-2(4,5)1-6/h3-5,12,16-17,21,27-28,33H,6-11H2,1-2H3,(H,30,31);1H/t12-,16-,17+,21-,24-,25+;/m0./s1. The molecule has 0 amide bonds. The number of nitrogens with zero attached hydrogens (tertiary/aromatic N) is 1. The highest BCUT2D eigenvalue weighted by Gasteiger charge is 2.71. The summed E-state index contributed by atoms with van der Waals surface area (Å²) in [7, 11) is 1.97. The zero-order chi connectivity index (χ0) is 31.2. The van der Waals surface area contributed by atoms with Crippen molar-refractivity contribution in [3.63, 3.8) is 0 Å². The van der Waals surface area contributed by atoms with E-state index in [9.17, 15) is 48.0 Å². The molecule has 2 bridgehead atoms. The van der Waals surface area contributed by atoms with Gasteiger partial charge >= 0.3 is 24.1 Å². The predicted octanol–water partition coefficient (Wildman–Crippen LogP) is 0.515. The van der Waals surface area contributed by atoms with E-state index in [0.29, 0.717) is 30.7 Å². The lowest BCUT2D eigenvalue weighted by Crippen LogP contribution is -2.74. The van der Waals surface area contributed by atoms with Crippen molar-refractivity contribution in [3.8, 4) is 5.75 Å². The van der Waals surface area contributed by atoms with E-state index in [2.05, 4.69) is 4.90 Å². The largest absolute Gasteiger partial charge is 0.481 e. The Morgan fingerprint density at radius 2 is 1.95 bits per heavy atom. The van der Waals surface area contributed by atoms with Crippen LogP contribution in [0.1, 0.15) is 42.9 Å². The minimum atomic E-state index is -4.64. The van der Waals surface area contributed by atoms with E-state index in [4.69, 9.17) is 19.0 Å². The molecule has 0 saturated carbocycles. The lowest BCUT2D eigenvalue weighted by molar-refractivity contribution is -0.175. The number of likely N-dealkylation sites (tertiary alicyclic amines) is 1. The van der Waals surface area contributed by atoms with Gasteiger partial charge in [-0.15, -0.1) is 0 Å². The van der Waals surface area contributed by atoms with Gasteiger partial charge in [0.25, 0.3) is 0 Å². The van der Waals surface area contributed by atoms with Gasteiger partial charge in [0, 0.05) is 23.6 Å². The Kier molecular flexibility index (Phi) is 8.43. The molecule has 42 heavy (non-hydrogen) atoms. The molecule has 1 saturated heterocycles. The van der Waals surface area contributed by atoms with E-state index >= 15 is 0 Å². The third kappa shape index (κ3) is 5.25. The number of likely N-dealkylation sites (N-methyl/N-ethyl adjacent to an activating group) is 1. The molecule has 230 valence electrons. The predicted molar refractivity (Wildman–Crippen MR) is 133 cm³/mol. The smallest absolute Gasteiger partial charge is 0.446 e. The first-order valence-corrected chi connectivity index (χ1v) is 13.0. The minimum Gasteiger partial charge on any atom is -0.481 e. The maximum atomic E-state index is 12.8. The highest BCUT2D eigenvalue weighted by Crippen LogP contribution is 2.64. The van der Waals surface area contributed by atoms with Gasteiger partial charge < -0.3 is 39.5 Å². The van der Waals surface area contributed by atoms with Gasteiger partial charge in [0.2, 0.25) is 12.4 Å². The lowest BCUT2D eigenvalue weighted by Gasteiger charge is -2.61. The summed E-state index contributed by atoms with van der Waals surface area (Å²) in [6.07, 6.45) is -7.81. The van der Waals surface area contributed by atoms with Crippen molar-refractivity contribution in [3.05, 3.63) is 40.7 Å². The van der Waals surface area contributed by atoms with E-state index in [1.165, 1.54) is 0 Å². The van der Waals surface area contributed by atoms with Crippen LogP contribution < -0.4 is 4.74 Å². The monoisotopic (exact) mass is 601 g/mol. The fourth-order valence-electron chi connectivity index (χ4n) is 6.37. The molecule has 1 spiro atoms. The quantitative estimate of drug-likeness (QED) is 0.252. The number of halogens is 3. The van der Waals surface area contributed by atoms with Crippen LogP contribution >= 0.6 is 0 Å². The zero-order valence-electron chi connectivity index (χ0n) is 22.6. The molecular formula is C27H30F3NO11. The number of esters is 2. The average Bonchev–Trinajstić information content (AvgIpc) is 3.27. The third-order valence-corrected chi connectivity index (χ3v) is 8.22. The molecule has 0 aromatic heterocycles. The average molecular weight is 602 g/mol. The Hall–Kier alpha value is -3.53. The van der Waals surface area contributed by atoms with Crippen LogP contribution in [0, 0.1) is 0 Å². The molecule has 1 fully saturated rings. The third-order valence-electron chi connectivity index (χ3n) is 8.22. The van der Waals surface area contributed by atoms with Gasteiger partial charge in [-0.1, -0.05) is 12.1 Å². The van der Waals surface area contributed by atoms with Crippen molar-refractivity contribution in [2.45, 2.75) is 80.8 Å². The number of piperidine rings is 1. The molecule has 6 atom stereocenters. The van der Waals surface area contributed by atoms with Crippen LogP contribution in [0.25, 0.3) is 0 Å². The van der Waals surface area contributed by atoms with Crippen molar-refractivity contribution >= 4 is 24.2 Å². The molecule has 0 unspecified atom stereocenters. The SMILES string of the molecule is C[C@H](O)C(=O)O[C@@H](CC(=O)OC1=CC[C@@]2(O)[C@H]3Cc4ccc(CO)c5c4[C@@]2(CCN3C)[C@H]1O5)C(=O)O.O=CC(F)(F)F. The number of alkyl halides is 3. The summed E-state index contributed by atoms with van der Waals surface area (Å²) in [5, 5.41) is 40.8. The van der Waals surface area contributed by atoms with Gasteiger partial charge in [-0.25, -0.2) is 9.59 Å². The first kappa shape index (κ1) is 31.4. The number of aliphatic hydroxyl groups excluding tert-OH is 2. The molecule has 4 aliphatic rings. The van der Waals surface area contributed by atoms with Crippen LogP contribution in [0.2, 0.25) is 0 Å². The number of carbonyl (C=O) groups is 4. The number of ether oxygens (including phenoxy) is 3. The number of carboxylic acids is 1. The highest BCUT2D eigenvalue weighted by atomic mass is 19.4. The van der Waals surface area contributed by atoms with Gasteiger partial charge in [0.15, 0.2) is 6.10 Å². The second-order valence-corrected chi connectivity index (χ2v) is 10.7. The summed E-state index contributed by atoms with van der Waals surface area (Å²) in [6.45, 7) is 1.53. The second-order valence-electron chi connectivity index (χ2n) is 10.7. The number of aliphatic hydroxyl groups is 3. The fourth-order valence-corrected chi connectivity index (χ4v) is 6.37. The van der Waals surface area contributed by atoms with Crippen LogP contribution in [0.15, 0.2) is 24.0 Å². The van der Waals surface area contributed by atoms with Gasteiger partial charge in [0.05, 0.1) is 24.0 Å². The maximum Gasteiger partial charge on any atom is 0.446 e. The van der Waals surface area contributed by atoms with Crippen molar-refractivity contribution in [1.82, 2.24) is 4.90 Å². The number of rotatable bonds is 7. The molecule has 2 heterocycles. The summed E-state index contributed by atoms with van der Waals surface area (Å²) in [4.78, 5) is 46.8. The number of aldehydes is 1. The molecule has 2 aliphatic heterocycles. The van der Waals surface area contributed by atoms with Gasteiger partial charge in [0.1, 0.15) is 17.6 Å². The fraction of sp³-hybridized carbons (Fsp3) is 0.556. The minimum absolute atomic E-state index is 0.145. The molecule has 5 rings (SSSR count). The van der Waals surface area contributed by atoms with Gasteiger partial charge in [-0.3, -0.25) is 9.59 Å². The van der Waals surface area contributed by atoms with Crippen LogP contribution in [0.4, 0.5) is 13.2 Å². The summed E-state index contributed by atoms with van der Waals surface area (Å²) in [6, 6.07) is 3.55. The molecule has 1 aromatic rings. The van der Waals surface area contributed by atoms with Crippen molar-refractivity contribution in [2.75, 3.05) is 13.6 Å². The van der Waals surface area contributed by atoms with E-state index in [-0.39, 0.29) is 24.8 Å². The second kappa shape index (κ2) is 11.3. The molecule has 2 aliphatic carbocycles. The zero-order valence-corrected chi connectivity index (χ0v) is 22.6. The van der Waals surface area contributed by atoms with Crippen LogP contribution in [0.3, 0.4) is 0 Å². The van der Waals surface area contributed by atoms with E-state index in [1.54, 1.807) is 12.1 Å². The topological polar surface area (TPSA) is 180 Å².